The van der Waals surface area contributed by atoms with Crippen molar-refractivity contribution in [1.29, 1.82) is 0 Å². The fourth-order valence-electron chi connectivity index (χ4n) is 2.34. The maximum absolute atomic E-state index is 5.51. The Morgan fingerprint density at radius 3 is 2.79 bits per heavy atom. The fraction of sp³-hybridized carbons (Fsp3) is 1.00. The van der Waals surface area contributed by atoms with E-state index in [4.69, 9.17) is 9.47 Å². The molecule has 3 atom stereocenters. The molecular weight excluding hydrogens is 178 g/mol. The highest BCUT2D eigenvalue weighted by Gasteiger charge is 2.28. The fourth-order valence-corrected chi connectivity index (χ4v) is 2.34. The van der Waals surface area contributed by atoms with E-state index in [0.717, 1.165) is 19.6 Å². The van der Waals surface area contributed by atoms with Crippen molar-refractivity contribution in [2.45, 2.75) is 38.3 Å². The molecule has 0 aromatic rings. The van der Waals surface area contributed by atoms with Gasteiger partial charge < -0.3 is 14.8 Å². The number of ether oxygens (including phenoxy) is 2. The molecule has 0 aromatic heterocycles. The Kier molecular flexibility index (Phi) is 5.45. The van der Waals surface area contributed by atoms with Crippen LogP contribution in [0.4, 0.5) is 0 Å². The molecular formula is C11H23NO2. The molecule has 3 nitrogen and oxygen atoms in total. The highest BCUT2D eigenvalue weighted by molar-refractivity contribution is 4.83. The Morgan fingerprint density at radius 2 is 2.36 bits per heavy atom. The van der Waals surface area contributed by atoms with Crippen molar-refractivity contribution in [2.75, 3.05) is 27.4 Å². The summed E-state index contributed by atoms with van der Waals surface area (Å²) in [5.74, 6) is 0.610. The first-order valence-electron chi connectivity index (χ1n) is 5.61. The third kappa shape index (κ3) is 2.94. The van der Waals surface area contributed by atoms with Gasteiger partial charge in [0.2, 0.25) is 0 Å². The van der Waals surface area contributed by atoms with E-state index in [2.05, 4.69) is 12.2 Å². The second-order valence-corrected chi connectivity index (χ2v) is 3.97. The Morgan fingerprint density at radius 1 is 1.57 bits per heavy atom. The van der Waals surface area contributed by atoms with Gasteiger partial charge in [0, 0.05) is 25.7 Å². The molecule has 1 rings (SSSR count). The molecule has 1 N–H and O–H groups in total. The van der Waals surface area contributed by atoms with Crippen LogP contribution in [0.5, 0.6) is 0 Å². The van der Waals surface area contributed by atoms with E-state index in [1.165, 1.54) is 12.8 Å². The molecule has 1 saturated heterocycles. The summed E-state index contributed by atoms with van der Waals surface area (Å²) in [7, 11) is 3.81. The number of likely N-dealkylation sites (N-methyl/N-ethyl adjacent to an activating group) is 1. The molecule has 0 spiro atoms. The molecule has 1 aliphatic rings. The summed E-state index contributed by atoms with van der Waals surface area (Å²) in [6, 6.07) is 0.435. The van der Waals surface area contributed by atoms with E-state index < -0.39 is 0 Å². The largest absolute Gasteiger partial charge is 0.381 e. The minimum Gasteiger partial charge on any atom is -0.381 e. The molecule has 3 heteroatoms. The highest BCUT2D eigenvalue weighted by atomic mass is 16.5. The van der Waals surface area contributed by atoms with Crippen molar-refractivity contribution in [3.63, 3.8) is 0 Å². The van der Waals surface area contributed by atoms with Crippen molar-refractivity contribution in [3.8, 4) is 0 Å². The van der Waals surface area contributed by atoms with E-state index in [0.29, 0.717) is 18.1 Å². The average Bonchev–Trinajstić information content (AvgIpc) is 2.27. The van der Waals surface area contributed by atoms with Crippen LogP contribution in [-0.4, -0.2) is 39.5 Å². The van der Waals surface area contributed by atoms with Crippen LogP contribution in [0, 0.1) is 5.92 Å². The average molecular weight is 201 g/mol. The summed E-state index contributed by atoms with van der Waals surface area (Å²) >= 11 is 0. The van der Waals surface area contributed by atoms with Crippen LogP contribution in [0.3, 0.4) is 0 Å². The van der Waals surface area contributed by atoms with Gasteiger partial charge in [-0.25, -0.2) is 0 Å². The lowest BCUT2D eigenvalue weighted by atomic mass is 9.89. The van der Waals surface area contributed by atoms with Gasteiger partial charge in [-0.1, -0.05) is 6.92 Å². The third-order valence-corrected chi connectivity index (χ3v) is 3.14. The lowest BCUT2D eigenvalue weighted by molar-refractivity contribution is -0.00836. The van der Waals surface area contributed by atoms with Crippen molar-refractivity contribution >= 4 is 0 Å². The topological polar surface area (TPSA) is 30.5 Å². The third-order valence-electron chi connectivity index (χ3n) is 3.14. The maximum atomic E-state index is 5.51. The van der Waals surface area contributed by atoms with E-state index in [-0.39, 0.29) is 0 Å². The number of nitrogens with one attached hydrogen (secondary N) is 1. The molecule has 1 aliphatic heterocycles. The molecule has 0 aromatic carbocycles. The summed E-state index contributed by atoms with van der Waals surface area (Å²) in [4.78, 5) is 0. The Labute approximate surface area is 87.2 Å². The minimum absolute atomic E-state index is 0.312. The molecule has 0 saturated carbocycles. The Bertz CT molecular complexity index is 142. The molecule has 3 unspecified atom stereocenters. The molecule has 0 aliphatic carbocycles. The van der Waals surface area contributed by atoms with Crippen LogP contribution in [0.25, 0.3) is 0 Å². The molecule has 0 radical (unpaired) electrons. The monoisotopic (exact) mass is 201 g/mol. The van der Waals surface area contributed by atoms with Gasteiger partial charge in [0.1, 0.15) is 0 Å². The first-order chi connectivity index (χ1) is 6.83. The van der Waals surface area contributed by atoms with Crippen LogP contribution >= 0.6 is 0 Å². The molecule has 0 amide bonds. The minimum atomic E-state index is 0.312. The van der Waals surface area contributed by atoms with Crippen LogP contribution in [0.15, 0.2) is 0 Å². The van der Waals surface area contributed by atoms with Gasteiger partial charge in [0.05, 0.1) is 12.7 Å². The zero-order valence-electron chi connectivity index (χ0n) is 9.58. The van der Waals surface area contributed by atoms with Gasteiger partial charge >= 0.3 is 0 Å². The summed E-state index contributed by atoms with van der Waals surface area (Å²) in [6.07, 6.45) is 3.80. The lowest BCUT2D eigenvalue weighted by Gasteiger charge is -2.34. The van der Waals surface area contributed by atoms with Gasteiger partial charge in [-0.05, 0) is 26.3 Å². The van der Waals surface area contributed by atoms with Crippen LogP contribution in [0.1, 0.15) is 26.2 Å². The summed E-state index contributed by atoms with van der Waals surface area (Å²) in [6.45, 7) is 3.98. The molecule has 84 valence electrons. The first-order valence-corrected chi connectivity index (χ1v) is 5.61. The molecule has 1 fully saturated rings. The summed E-state index contributed by atoms with van der Waals surface area (Å²) in [5.41, 5.74) is 0. The second-order valence-electron chi connectivity index (χ2n) is 3.97. The van der Waals surface area contributed by atoms with Gasteiger partial charge in [-0.15, -0.1) is 0 Å². The van der Waals surface area contributed by atoms with Crippen LogP contribution < -0.4 is 5.32 Å². The lowest BCUT2D eigenvalue weighted by Crippen LogP contribution is -2.47. The second kappa shape index (κ2) is 6.38. The SMILES string of the molecule is CCC(OC)C(NC)C1CCCOC1. The van der Waals surface area contributed by atoms with Crippen LogP contribution in [0.2, 0.25) is 0 Å². The number of rotatable bonds is 5. The van der Waals surface area contributed by atoms with Crippen molar-refractivity contribution in [1.82, 2.24) is 5.32 Å². The maximum Gasteiger partial charge on any atom is 0.0725 e. The Hall–Kier alpha value is -0.120. The summed E-state index contributed by atoms with van der Waals surface area (Å²) in [5, 5.41) is 3.37. The zero-order chi connectivity index (χ0) is 10.4. The van der Waals surface area contributed by atoms with Crippen molar-refractivity contribution in [3.05, 3.63) is 0 Å². The predicted molar refractivity (Wildman–Crippen MR) is 57.5 cm³/mol. The number of methoxy groups -OCH3 is 1. The zero-order valence-corrected chi connectivity index (χ0v) is 9.58. The predicted octanol–water partition coefficient (Wildman–Crippen LogP) is 1.43. The molecule has 14 heavy (non-hydrogen) atoms. The Balaban J connectivity index is 2.49. The van der Waals surface area contributed by atoms with Gasteiger partial charge in [0.25, 0.3) is 0 Å². The smallest absolute Gasteiger partial charge is 0.0725 e. The number of hydrogen-bond donors (Lipinski definition) is 1. The van der Waals surface area contributed by atoms with E-state index >= 15 is 0 Å². The van der Waals surface area contributed by atoms with Gasteiger partial charge in [-0.2, -0.15) is 0 Å². The highest BCUT2D eigenvalue weighted by Crippen LogP contribution is 2.21. The number of hydrogen-bond acceptors (Lipinski definition) is 3. The molecule has 0 bridgehead atoms. The normalized spacial score (nSPS) is 27.2. The standard InChI is InChI=1S/C11H23NO2/c1-4-10(13-3)11(12-2)9-6-5-7-14-8-9/h9-12H,4-8H2,1-3H3. The van der Waals surface area contributed by atoms with E-state index in [1.807, 2.05) is 7.05 Å². The van der Waals surface area contributed by atoms with Gasteiger partial charge in [-0.3, -0.25) is 0 Å². The van der Waals surface area contributed by atoms with Crippen molar-refractivity contribution in [2.24, 2.45) is 5.92 Å². The van der Waals surface area contributed by atoms with E-state index in [9.17, 15) is 0 Å². The van der Waals surface area contributed by atoms with E-state index in [1.54, 1.807) is 7.11 Å². The first kappa shape index (κ1) is 12.0. The molecule has 1 heterocycles. The quantitative estimate of drug-likeness (QED) is 0.730. The van der Waals surface area contributed by atoms with Crippen LogP contribution in [-0.2, 0) is 9.47 Å². The van der Waals surface area contributed by atoms with Crippen molar-refractivity contribution < 1.29 is 9.47 Å². The summed E-state index contributed by atoms with van der Waals surface area (Å²) < 4.78 is 11.0. The van der Waals surface area contributed by atoms with Gasteiger partial charge in [0.15, 0.2) is 0 Å².